The molecule has 0 saturated carbocycles. The summed E-state index contributed by atoms with van der Waals surface area (Å²) in [7, 11) is 1.73. The minimum atomic E-state index is -4.33. The number of hydrogen-bond acceptors (Lipinski definition) is 3. The van der Waals surface area contributed by atoms with Crippen LogP contribution in [0.15, 0.2) is 30.3 Å². The van der Waals surface area contributed by atoms with Gasteiger partial charge in [0.25, 0.3) is 0 Å². The molecule has 6 heteroatoms. The number of nitrogens with one attached hydrogen (secondary N) is 1. The molecule has 1 heterocycles. The molecule has 2 rings (SSSR count). The normalized spacial score (nSPS) is 11.4. The Labute approximate surface area is 114 Å². The molecular formula is C14H14F3N3. The topological polar surface area (TPSA) is 37.8 Å². The summed E-state index contributed by atoms with van der Waals surface area (Å²) in [6.45, 7) is 1.82. The van der Waals surface area contributed by atoms with Gasteiger partial charge >= 0.3 is 6.18 Å². The third-order valence-corrected chi connectivity index (χ3v) is 2.77. The smallest absolute Gasteiger partial charge is 0.373 e. The number of nitrogens with zero attached hydrogens (tertiary/aromatic N) is 2. The van der Waals surface area contributed by atoms with Crippen molar-refractivity contribution in [2.24, 2.45) is 0 Å². The average Bonchev–Trinajstić information content (AvgIpc) is 2.37. The van der Waals surface area contributed by atoms with Crippen molar-refractivity contribution < 1.29 is 13.2 Å². The zero-order valence-corrected chi connectivity index (χ0v) is 11.1. The minimum absolute atomic E-state index is 0.264. The van der Waals surface area contributed by atoms with Gasteiger partial charge in [-0.05, 0) is 18.6 Å². The van der Waals surface area contributed by atoms with E-state index in [0.717, 1.165) is 17.8 Å². The van der Waals surface area contributed by atoms with Crippen LogP contribution in [0.5, 0.6) is 0 Å². The molecule has 3 nitrogen and oxygen atoms in total. The van der Waals surface area contributed by atoms with Gasteiger partial charge < -0.3 is 5.32 Å². The number of anilines is 1. The Kier molecular flexibility index (Phi) is 3.92. The number of aryl methyl sites for hydroxylation is 1. The summed E-state index contributed by atoms with van der Waals surface area (Å²) in [4.78, 5) is 8.47. The van der Waals surface area contributed by atoms with Gasteiger partial charge in [0.05, 0.1) is 5.56 Å². The lowest BCUT2D eigenvalue weighted by Crippen LogP contribution is -2.06. The number of benzene rings is 1. The summed E-state index contributed by atoms with van der Waals surface area (Å²) < 4.78 is 37.9. The molecule has 0 amide bonds. The Morgan fingerprint density at radius 1 is 1.15 bits per heavy atom. The van der Waals surface area contributed by atoms with Gasteiger partial charge in [0.15, 0.2) is 0 Å². The molecule has 0 unspecified atom stereocenters. The van der Waals surface area contributed by atoms with Gasteiger partial charge in [-0.2, -0.15) is 13.2 Å². The maximum absolute atomic E-state index is 12.6. The zero-order valence-electron chi connectivity index (χ0n) is 11.1. The lowest BCUT2D eigenvalue weighted by atomic mass is 10.1. The van der Waals surface area contributed by atoms with Crippen molar-refractivity contribution >= 4 is 5.82 Å². The number of rotatable bonds is 3. The standard InChI is InChI=1S/C14H14F3N3/c1-9-6-12(18-2)20-13(19-9)8-10-4-3-5-11(7-10)14(15,16)17/h3-7H,8H2,1-2H3,(H,18,19,20). The molecule has 0 fully saturated rings. The van der Waals surface area contributed by atoms with Gasteiger partial charge in [-0.1, -0.05) is 18.2 Å². The van der Waals surface area contributed by atoms with E-state index in [9.17, 15) is 13.2 Å². The van der Waals surface area contributed by atoms with Crippen LogP contribution in [-0.2, 0) is 12.6 Å². The largest absolute Gasteiger partial charge is 0.416 e. The third kappa shape index (κ3) is 3.46. The van der Waals surface area contributed by atoms with Gasteiger partial charge in [-0.25, -0.2) is 9.97 Å². The second-order valence-corrected chi connectivity index (χ2v) is 4.44. The number of alkyl halides is 3. The minimum Gasteiger partial charge on any atom is -0.373 e. The van der Waals surface area contributed by atoms with Crippen LogP contribution < -0.4 is 5.32 Å². The van der Waals surface area contributed by atoms with Gasteiger partial charge in [0.1, 0.15) is 11.6 Å². The van der Waals surface area contributed by atoms with Crippen molar-refractivity contribution in [3.05, 3.63) is 53.0 Å². The van der Waals surface area contributed by atoms with Crippen molar-refractivity contribution in [3.63, 3.8) is 0 Å². The molecule has 0 radical (unpaired) electrons. The van der Waals surface area contributed by atoms with Crippen LogP contribution in [0.25, 0.3) is 0 Å². The molecular weight excluding hydrogens is 267 g/mol. The quantitative estimate of drug-likeness (QED) is 0.936. The van der Waals surface area contributed by atoms with E-state index in [-0.39, 0.29) is 6.42 Å². The molecule has 0 saturated heterocycles. The second-order valence-electron chi connectivity index (χ2n) is 4.44. The summed E-state index contributed by atoms with van der Waals surface area (Å²) >= 11 is 0. The van der Waals surface area contributed by atoms with Crippen LogP contribution in [0, 0.1) is 6.92 Å². The molecule has 1 aromatic heterocycles. The Morgan fingerprint density at radius 2 is 1.90 bits per heavy atom. The third-order valence-electron chi connectivity index (χ3n) is 2.77. The molecule has 0 atom stereocenters. The van der Waals surface area contributed by atoms with E-state index in [4.69, 9.17) is 0 Å². The SMILES string of the molecule is CNc1cc(C)nc(Cc2cccc(C(F)(F)F)c2)n1. The van der Waals surface area contributed by atoms with Crippen LogP contribution >= 0.6 is 0 Å². The van der Waals surface area contributed by atoms with E-state index >= 15 is 0 Å². The van der Waals surface area contributed by atoms with Crippen molar-refractivity contribution in [1.82, 2.24) is 9.97 Å². The Morgan fingerprint density at radius 3 is 2.55 bits per heavy atom. The van der Waals surface area contributed by atoms with E-state index < -0.39 is 11.7 Å². The molecule has 106 valence electrons. The Balaban J connectivity index is 2.28. The highest BCUT2D eigenvalue weighted by molar-refractivity contribution is 5.36. The fourth-order valence-corrected chi connectivity index (χ4v) is 1.88. The van der Waals surface area contributed by atoms with Crippen LogP contribution in [-0.4, -0.2) is 17.0 Å². The fraction of sp³-hybridized carbons (Fsp3) is 0.286. The summed E-state index contributed by atoms with van der Waals surface area (Å²) in [6.07, 6.45) is -4.07. The molecule has 0 bridgehead atoms. The summed E-state index contributed by atoms with van der Waals surface area (Å²) in [5, 5.41) is 2.90. The number of halogens is 3. The summed E-state index contributed by atoms with van der Waals surface area (Å²) in [5.74, 6) is 1.15. The fourth-order valence-electron chi connectivity index (χ4n) is 1.88. The maximum Gasteiger partial charge on any atom is 0.416 e. The first-order chi connectivity index (χ1) is 9.38. The number of aromatic nitrogens is 2. The molecule has 0 spiro atoms. The molecule has 0 aliphatic rings. The van der Waals surface area contributed by atoms with Crippen LogP contribution in [0.3, 0.4) is 0 Å². The van der Waals surface area contributed by atoms with E-state index in [1.54, 1.807) is 19.2 Å². The highest BCUT2D eigenvalue weighted by Crippen LogP contribution is 2.29. The average molecular weight is 281 g/mol. The highest BCUT2D eigenvalue weighted by atomic mass is 19.4. The lowest BCUT2D eigenvalue weighted by molar-refractivity contribution is -0.137. The van der Waals surface area contributed by atoms with E-state index in [2.05, 4.69) is 15.3 Å². The zero-order chi connectivity index (χ0) is 14.8. The lowest BCUT2D eigenvalue weighted by Gasteiger charge is -2.09. The van der Waals surface area contributed by atoms with Crippen molar-refractivity contribution in [1.29, 1.82) is 0 Å². The van der Waals surface area contributed by atoms with Gasteiger partial charge in [0, 0.05) is 25.2 Å². The summed E-state index contributed by atoms with van der Waals surface area (Å²) in [5.41, 5.74) is 0.648. The predicted molar refractivity (Wildman–Crippen MR) is 70.6 cm³/mol. The molecule has 1 aromatic carbocycles. The molecule has 0 aliphatic carbocycles. The highest BCUT2D eigenvalue weighted by Gasteiger charge is 2.30. The monoisotopic (exact) mass is 281 g/mol. The van der Waals surface area contributed by atoms with E-state index in [0.29, 0.717) is 17.2 Å². The van der Waals surface area contributed by atoms with Crippen molar-refractivity contribution in [2.45, 2.75) is 19.5 Å². The second kappa shape index (κ2) is 5.48. The molecule has 20 heavy (non-hydrogen) atoms. The summed E-state index contributed by atoms with van der Waals surface area (Å²) in [6, 6.07) is 6.99. The molecule has 2 aromatic rings. The Hall–Kier alpha value is -2.11. The van der Waals surface area contributed by atoms with Crippen LogP contribution in [0.2, 0.25) is 0 Å². The Bertz CT molecular complexity index is 609. The van der Waals surface area contributed by atoms with Crippen LogP contribution in [0.4, 0.5) is 19.0 Å². The molecule has 1 N–H and O–H groups in total. The first-order valence-corrected chi connectivity index (χ1v) is 6.07. The van der Waals surface area contributed by atoms with Gasteiger partial charge in [0.2, 0.25) is 0 Å². The first kappa shape index (κ1) is 14.3. The maximum atomic E-state index is 12.6. The first-order valence-electron chi connectivity index (χ1n) is 6.07. The van der Waals surface area contributed by atoms with E-state index in [1.165, 1.54) is 6.07 Å². The van der Waals surface area contributed by atoms with Gasteiger partial charge in [-0.15, -0.1) is 0 Å². The number of hydrogen-bond donors (Lipinski definition) is 1. The van der Waals surface area contributed by atoms with E-state index in [1.807, 2.05) is 6.92 Å². The molecule has 0 aliphatic heterocycles. The van der Waals surface area contributed by atoms with Crippen molar-refractivity contribution in [3.8, 4) is 0 Å². The van der Waals surface area contributed by atoms with Crippen molar-refractivity contribution in [2.75, 3.05) is 12.4 Å². The van der Waals surface area contributed by atoms with Gasteiger partial charge in [-0.3, -0.25) is 0 Å². The predicted octanol–water partition coefficient (Wildman–Crippen LogP) is 3.44. The van der Waals surface area contributed by atoms with Crippen LogP contribution in [0.1, 0.15) is 22.6 Å².